The molecule has 0 saturated carbocycles. The van der Waals surface area contributed by atoms with Crippen LogP contribution in [0.15, 0.2) is 24.5 Å². The number of hydrogen-bond acceptors (Lipinski definition) is 4. The number of sulfonamides is 1. The molecule has 0 bridgehead atoms. The molecule has 2 heterocycles. The molecule has 0 spiro atoms. The normalized spacial score (nSPS) is 20.5. The van der Waals surface area contributed by atoms with E-state index in [2.05, 4.69) is 4.98 Å². The summed E-state index contributed by atoms with van der Waals surface area (Å²) < 4.78 is 25.8. The Hall–Kier alpha value is -1.47. The summed E-state index contributed by atoms with van der Waals surface area (Å²) in [6.07, 6.45) is 4.46. The van der Waals surface area contributed by atoms with Crippen molar-refractivity contribution in [3.8, 4) is 0 Å². The summed E-state index contributed by atoms with van der Waals surface area (Å²) in [6.45, 7) is 0.453. The fourth-order valence-electron chi connectivity index (χ4n) is 2.33. The predicted molar refractivity (Wildman–Crippen MR) is 69.0 cm³/mol. The minimum atomic E-state index is -3.52. The molecule has 1 aromatic rings. The van der Waals surface area contributed by atoms with Crippen molar-refractivity contribution >= 4 is 16.0 Å². The summed E-state index contributed by atoms with van der Waals surface area (Å²) in [5.74, 6) is -1.44. The van der Waals surface area contributed by atoms with Crippen LogP contribution in [-0.2, 0) is 14.8 Å². The summed E-state index contributed by atoms with van der Waals surface area (Å²) in [6, 6.07) is 3.41. The highest BCUT2D eigenvalue weighted by Gasteiger charge is 2.35. The van der Waals surface area contributed by atoms with E-state index in [0.29, 0.717) is 6.54 Å². The Bertz CT molecular complexity index is 544. The first-order valence-electron chi connectivity index (χ1n) is 6.12. The lowest BCUT2D eigenvalue weighted by molar-refractivity contribution is -0.136. The van der Waals surface area contributed by atoms with Crippen LogP contribution in [0.3, 0.4) is 0 Å². The summed E-state index contributed by atoms with van der Waals surface area (Å²) in [5.41, 5.74) is 0.909. The molecule has 1 aromatic heterocycles. The lowest BCUT2D eigenvalue weighted by Crippen LogP contribution is -2.33. The maximum absolute atomic E-state index is 12.2. The van der Waals surface area contributed by atoms with E-state index < -0.39 is 16.0 Å². The standard InChI is InChI=1S/C12H16N2O4S/c15-12(16)5-9-19(17,18)14-8-1-2-11(14)10-3-6-13-7-4-10/h3-4,6-7,11H,1-2,5,8-9H2,(H,15,16). The largest absolute Gasteiger partial charge is 0.481 e. The molecular weight excluding hydrogens is 268 g/mol. The number of aromatic nitrogens is 1. The average molecular weight is 284 g/mol. The zero-order valence-electron chi connectivity index (χ0n) is 10.4. The van der Waals surface area contributed by atoms with Crippen molar-refractivity contribution in [3.63, 3.8) is 0 Å². The van der Waals surface area contributed by atoms with E-state index in [0.717, 1.165) is 18.4 Å². The van der Waals surface area contributed by atoms with Crippen LogP contribution in [0.1, 0.15) is 30.9 Å². The number of rotatable bonds is 5. The summed E-state index contributed by atoms with van der Waals surface area (Å²) in [7, 11) is -3.52. The SMILES string of the molecule is O=C(O)CCS(=O)(=O)N1CCCC1c1ccncc1. The van der Waals surface area contributed by atoms with E-state index in [-0.39, 0.29) is 18.2 Å². The zero-order chi connectivity index (χ0) is 13.9. The zero-order valence-corrected chi connectivity index (χ0v) is 11.2. The van der Waals surface area contributed by atoms with Gasteiger partial charge in [0.2, 0.25) is 10.0 Å². The van der Waals surface area contributed by atoms with Crippen molar-refractivity contribution in [2.24, 2.45) is 0 Å². The molecule has 1 unspecified atom stereocenters. The van der Waals surface area contributed by atoms with Gasteiger partial charge in [0.15, 0.2) is 0 Å². The van der Waals surface area contributed by atoms with Crippen molar-refractivity contribution in [2.45, 2.75) is 25.3 Å². The first kappa shape index (κ1) is 14.0. The molecule has 1 saturated heterocycles. The topological polar surface area (TPSA) is 87.6 Å². The Morgan fingerprint density at radius 3 is 2.74 bits per heavy atom. The van der Waals surface area contributed by atoms with E-state index in [1.807, 2.05) is 0 Å². The molecule has 6 nitrogen and oxygen atoms in total. The fraction of sp³-hybridized carbons (Fsp3) is 0.500. The van der Waals surface area contributed by atoms with Gasteiger partial charge < -0.3 is 5.11 Å². The highest BCUT2D eigenvalue weighted by atomic mass is 32.2. The minimum Gasteiger partial charge on any atom is -0.481 e. The maximum Gasteiger partial charge on any atom is 0.304 e. The van der Waals surface area contributed by atoms with Crippen LogP contribution >= 0.6 is 0 Å². The van der Waals surface area contributed by atoms with Crippen LogP contribution in [0.4, 0.5) is 0 Å². The van der Waals surface area contributed by atoms with Gasteiger partial charge in [-0.1, -0.05) is 0 Å². The molecule has 2 rings (SSSR count). The maximum atomic E-state index is 12.2. The molecular formula is C12H16N2O4S. The van der Waals surface area contributed by atoms with E-state index in [1.54, 1.807) is 24.5 Å². The van der Waals surface area contributed by atoms with Crippen molar-refractivity contribution in [2.75, 3.05) is 12.3 Å². The average Bonchev–Trinajstić information content (AvgIpc) is 2.87. The Balaban J connectivity index is 2.17. The van der Waals surface area contributed by atoms with E-state index in [4.69, 9.17) is 5.11 Å². The third kappa shape index (κ3) is 3.30. The molecule has 0 radical (unpaired) electrons. The van der Waals surface area contributed by atoms with Gasteiger partial charge >= 0.3 is 5.97 Å². The van der Waals surface area contributed by atoms with Crippen LogP contribution in [0.5, 0.6) is 0 Å². The van der Waals surface area contributed by atoms with Gasteiger partial charge in [0.05, 0.1) is 12.2 Å². The van der Waals surface area contributed by atoms with E-state index in [1.165, 1.54) is 4.31 Å². The van der Waals surface area contributed by atoms with Crippen LogP contribution in [-0.4, -0.2) is 41.1 Å². The quantitative estimate of drug-likeness (QED) is 0.872. The van der Waals surface area contributed by atoms with Crippen LogP contribution < -0.4 is 0 Å². The number of nitrogens with zero attached hydrogens (tertiary/aromatic N) is 2. The molecule has 0 aromatic carbocycles. The Morgan fingerprint density at radius 1 is 1.42 bits per heavy atom. The van der Waals surface area contributed by atoms with Gasteiger partial charge in [0.25, 0.3) is 0 Å². The Morgan fingerprint density at radius 2 is 2.11 bits per heavy atom. The second-order valence-corrected chi connectivity index (χ2v) is 6.55. The van der Waals surface area contributed by atoms with Gasteiger partial charge in [-0.15, -0.1) is 0 Å². The van der Waals surface area contributed by atoms with E-state index >= 15 is 0 Å². The molecule has 104 valence electrons. The molecule has 1 fully saturated rings. The van der Waals surface area contributed by atoms with Crippen LogP contribution in [0.25, 0.3) is 0 Å². The number of carboxylic acid groups (broad SMARTS) is 1. The minimum absolute atomic E-state index is 0.193. The fourth-order valence-corrected chi connectivity index (χ4v) is 4.01. The van der Waals surface area contributed by atoms with Crippen molar-refractivity contribution in [1.82, 2.24) is 9.29 Å². The van der Waals surface area contributed by atoms with Gasteiger partial charge in [0, 0.05) is 25.0 Å². The highest BCUT2D eigenvalue weighted by molar-refractivity contribution is 7.89. The molecule has 19 heavy (non-hydrogen) atoms. The lowest BCUT2D eigenvalue weighted by Gasteiger charge is -2.24. The van der Waals surface area contributed by atoms with Crippen molar-refractivity contribution in [1.29, 1.82) is 0 Å². The molecule has 1 aliphatic heterocycles. The van der Waals surface area contributed by atoms with Gasteiger partial charge in [-0.3, -0.25) is 9.78 Å². The Labute approximate surface area is 112 Å². The van der Waals surface area contributed by atoms with Crippen molar-refractivity contribution in [3.05, 3.63) is 30.1 Å². The number of carbonyl (C=O) groups is 1. The summed E-state index contributed by atoms with van der Waals surface area (Å²) in [5, 5.41) is 8.61. The third-order valence-electron chi connectivity index (χ3n) is 3.23. The highest BCUT2D eigenvalue weighted by Crippen LogP contribution is 2.34. The molecule has 1 N–H and O–H groups in total. The predicted octanol–water partition coefficient (Wildman–Crippen LogP) is 1.02. The number of carboxylic acids is 1. The molecule has 1 aliphatic rings. The molecule has 0 amide bonds. The summed E-state index contributed by atoms with van der Waals surface area (Å²) in [4.78, 5) is 14.4. The second-order valence-electron chi connectivity index (χ2n) is 4.51. The number of pyridine rings is 1. The second kappa shape index (κ2) is 5.66. The van der Waals surface area contributed by atoms with Crippen molar-refractivity contribution < 1.29 is 18.3 Å². The lowest BCUT2D eigenvalue weighted by atomic mass is 10.1. The van der Waals surface area contributed by atoms with E-state index in [9.17, 15) is 13.2 Å². The number of hydrogen-bond donors (Lipinski definition) is 1. The first-order chi connectivity index (χ1) is 9.00. The van der Waals surface area contributed by atoms with Gasteiger partial charge in [-0.2, -0.15) is 4.31 Å². The number of aliphatic carboxylic acids is 1. The molecule has 1 atom stereocenters. The van der Waals surface area contributed by atoms with Gasteiger partial charge in [0.1, 0.15) is 0 Å². The van der Waals surface area contributed by atoms with Gasteiger partial charge in [-0.25, -0.2) is 8.42 Å². The Kier molecular flexibility index (Phi) is 4.16. The van der Waals surface area contributed by atoms with Gasteiger partial charge in [-0.05, 0) is 30.5 Å². The van der Waals surface area contributed by atoms with Crippen LogP contribution in [0.2, 0.25) is 0 Å². The first-order valence-corrected chi connectivity index (χ1v) is 7.73. The smallest absolute Gasteiger partial charge is 0.304 e. The monoisotopic (exact) mass is 284 g/mol. The van der Waals surface area contributed by atoms with Crippen LogP contribution in [0, 0.1) is 0 Å². The molecule has 7 heteroatoms. The summed E-state index contributed by atoms with van der Waals surface area (Å²) >= 11 is 0. The third-order valence-corrected chi connectivity index (χ3v) is 5.10. The molecule has 0 aliphatic carbocycles.